The van der Waals surface area contributed by atoms with Gasteiger partial charge in [-0.3, -0.25) is 9.59 Å². The van der Waals surface area contributed by atoms with Gasteiger partial charge in [-0.1, -0.05) is 13.8 Å². The number of rotatable bonds is 8. The van der Waals surface area contributed by atoms with Gasteiger partial charge in [0.2, 0.25) is 6.29 Å². The van der Waals surface area contributed by atoms with E-state index in [1.807, 2.05) is 13.8 Å². The lowest BCUT2D eigenvalue weighted by Crippen LogP contribution is -2.56. The Hall–Kier alpha value is -1.56. The topological polar surface area (TPSA) is 152 Å². The predicted molar refractivity (Wildman–Crippen MR) is 104 cm³/mol. The van der Waals surface area contributed by atoms with Crippen LogP contribution in [0.2, 0.25) is 0 Å². The zero-order chi connectivity index (χ0) is 22.7. The SMILES string of the molecule is CC(C)CC(=O)O[C@@H]1OC=C(CO[C@@H]2O[C@H](CO)[C@@H](O)C(=O)[C@H]2O)[C@H]2CC[C@H](CO)[C@@H]12. The van der Waals surface area contributed by atoms with Gasteiger partial charge in [-0.15, -0.1) is 0 Å². The third-order valence-electron chi connectivity index (χ3n) is 6.15. The Kier molecular flexibility index (Phi) is 8.06. The lowest BCUT2D eigenvalue weighted by Gasteiger charge is -2.38. The standard InChI is InChI=1S/C21H32O10/c1-10(2)5-15(24)31-20-16-11(6-22)3-4-13(16)12(8-28-20)9-29-21-19(27)18(26)17(25)14(7-23)30-21/h8,10-11,13-14,16-17,19-23,25,27H,3-7,9H2,1-2H3/t11-,13-,14-,16-,17-,19-,20+,21-/m1/s1. The number of fused-ring (bicyclic) bond motifs is 1. The number of carbonyl (C=O) groups excluding carboxylic acids is 2. The fraction of sp³-hybridized carbons (Fsp3) is 0.810. The van der Waals surface area contributed by atoms with Crippen molar-refractivity contribution in [1.29, 1.82) is 0 Å². The van der Waals surface area contributed by atoms with Crippen LogP contribution in [0.15, 0.2) is 11.8 Å². The smallest absolute Gasteiger partial charge is 0.309 e. The van der Waals surface area contributed by atoms with E-state index in [1.165, 1.54) is 6.26 Å². The van der Waals surface area contributed by atoms with Gasteiger partial charge in [0.1, 0.15) is 12.2 Å². The summed E-state index contributed by atoms with van der Waals surface area (Å²) in [6.07, 6.45) is -3.44. The number of hydrogen-bond acceptors (Lipinski definition) is 10. The molecule has 10 nitrogen and oxygen atoms in total. The number of Topliss-reactive ketones (excluding diaryl/α,β-unsaturated/α-hetero) is 1. The summed E-state index contributed by atoms with van der Waals surface area (Å²) in [6, 6.07) is 0. The van der Waals surface area contributed by atoms with Crippen molar-refractivity contribution in [2.45, 2.75) is 64.0 Å². The van der Waals surface area contributed by atoms with Crippen LogP contribution in [0.5, 0.6) is 0 Å². The Morgan fingerprint density at radius 3 is 2.55 bits per heavy atom. The van der Waals surface area contributed by atoms with E-state index < -0.39 is 43.3 Å². The molecule has 0 aromatic carbocycles. The molecular formula is C21H32O10. The van der Waals surface area contributed by atoms with Crippen molar-refractivity contribution >= 4 is 11.8 Å². The molecule has 10 heteroatoms. The molecule has 0 amide bonds. The van der Waals surface area contributed by atoms with Gasteiger partial charge in [-0.2, -0.15) is 0 Å². The van der Waals surface area contributed by atoms with Gasteiger partial charge in [0.05, 0.1) is 19.5 Å². The first kappa shape index (κ1) is 24.1. The van der Waals surface area contributed by atoms with Crippen LogP contribution in [0.1, 0.15) is 33.1 Å². The first-order valence-electron chi connectivity index (χ1n) is 10.7. The van der Waals surface area contributed by atoms with E-state index in [1.54, 1.807) is 0 Å². The fourth-order valence-corrected chi connectivity index (χ4v) is 4.52. The molecule has 8 atom stereocenters. The Balaban J connectivity index is 1.67. The van der Waals surface area contributed by atoms with Gasteiger partial charge >= 0.3 is 5.97 Å². The molecule has 4 N–H and O–H groups in total. The van der Waals surface area contributed by atoms with Gasteiger partial charge in [0, 0.05) is 18.9 Å². The molecule has 0 unspecified atom stereocenters. The Labute approximate surface area is 180 Å². The molecule has 0 aromatic heterocycles. The molecule has 176 valence electrons. The summed E-state index contributed by atoms with van der Waals surface area (Å²) in [5.74, 6) is -1.50. The highest BCUT2D eigenvalue weighted by Crippen LogP contribution is 2.47. The van der Waals surface area contributed by atoms with Crippen molar-refractivity contribution in [2.75, 3.05) is 19.8 Å². The number of ketones is 1. The van der Waals surface area contributed by atoms with Crippen molar-refractivity contribution < 1.29 is 49.0 Å². The second kappa shape index (κ2) is 10.4. The maximum atomic E-state index is 12.1. The second-order valence-electron chi connectivity index (χ2n) is 8.82. The van der Waals surface area contributed by atoms with Crippen LogP contribution >= 0.6 is 0 Å². The molecule has 31 heavy (non-hydrogen) atoms. The van der Waals surface area contributed by atoms with E-state index in [0.717, 1.165) is 18.4 Å². The molecule has 1 aliphatic carbocycles. The first-order valence-corrected chi connectivity index (χ1v) is 10.7. The van der Waals surface area contributed by atoms with Crippen LogP contribution in [-0.2, 0) is 28.5 Å². The van der Waals surface area contributed by atoms with E-state index in [2.05, 4.69) is 0 Å². The van der Waals surface area contributed by atoms with E-state index in [4.69, 9.17) is 18.9 Å². The average Bonchev–Trinajstić information content (AvgIpc) is 3.17. The lowest BCUT2D eigenvalue weighted by atomic mass is 9.83. The van der Waals surface area contributed by atoms with Crippen LogP contribution in [-0.4, -0.2) is 82.9 Å². The summed E-state index contributed by atoms with van der Waals surface area (Å²) in [6.45, 7) is 3.14. The minimum absolute atomic E-state index is 0.0325. The van der Waals surface area contributed by atoms with Gasteiger partial charge in [0.25, 0.3) is 0 Å². The Morgan fingerprint density at radius 1 is 1.16 bits per heavy atom. The second-order valence-corrected chi connectivity index (χ2v) is 8.82. The van der Waals surface area contributed by atoms with Crippen molar-refractivity contribution in [1.82, 2.24) is 0 Å². The molecule has 3 aliphatic rings. The predicted octanol–water partition coefficient (Wildman–Crippen LogP) is -0.525. The molecular weight excluding hydrogens is 412 g/mol. The van der Waals surface area contributed by atoms with Crippen molar-refractivity contribution in [3.05, 3.63) is 11.8 Å². The quantitative estimate of drug-likeness (QED) is 0.360. The summed E-state index contributed by atoms with van der Waals surface area (Å²) in [5.41, 5.74) is 0.729. The number of aliphatic hydroxyl groups is 4. The number of aliphatic hydroxyl groups excluding tert-OH is 4. The highest BCUT2D eigenvalue weighted by Gasteiger charge is 2.48. The van der Waals surface area contributed by atoms with Gasteiger partial charge < -0.3 is 39.4 Å². The minimum atomic E-state index is -1.68. The van der Waals surface area contributed by atoms with Crippen molar-refractivity contribution in [3.8, 4) is 0 Å². The highest BCUT2D eigenvalue weighted by atomic mass is 16.7. The third kappa shape index (κ3) is 5.27. The monoisotopic (exact) mass is 444 g/mol. The maximum Gasteiger partial charge on any atom is 0.309 e. The highest BCUT2D eigenvalue weighted by molar-refractivity contribution is 5.88. The maximum absolute atomic E-state index is 12.1. The van der Waals surface area contributed by atoms with Gasteiger partial charge in [-0.25, -0.2) is 0 Å². The zero-order valence-corrected chi connectivity index (χ0v) is 17.8. The Bertz CT molecular complexity index is 677. The molecule has 2 fully saturated rings. The molecule has 0 spiro atoms. The zero-order valence-electron chi connectivity index (χ0n) is 17.8. The van der Waals surface area contributed by atoms with Crippen LogP contribution < -0.4 is 0 Å². The normalized spacial score (nSPS) is 37.9. The van der Waals surface area contributed by atoms with Gasteiger partial charge in [0.15, 0.2) is 18.2 Å². The minimum Gasteiger partial charge on any atom is -0.462 e. The molecule has 2 aliphatic heterocycles. The molecule has 2 heterocycles. The summed E-state index contributed by atoms with van der Waals surface area (Å²) >= 11 is 0. The molecule has 1 saturated heterocycles. The fourth-order valence-electron chi connectivity index (χ4n) is 4.52. The van der Waals surface area contributed by atoms with Crippen molar-refractivity contribution in [2.24, 2.45) is 23.7 Å². The van der Waals surface area contributed by atoms with Crippen LogP contribution in [0.4, 0.5) is 0 Å². The third-order valence-corrected chi connectivity index (χ3v) is 6.15. The number of carbonyl (C=O) groups is 2. The average molecular weight is 444 g/mol. The van der Waals surface area contributed by atoms with Crippen LogP contribution in [0.3, 0.4) is 0 Å². The summed E-state index contributed by atoms with van der Waals surface area (Å²) < 4.78 is 22.1. The summed E-state index contributed by atoms with van der Waals surface area (Å²) in [7, 11) is 0. The number of hydrogen-bond donors (Lipinski definition) is 4. The molecule has 0 aromatic rings. The first-order chi connectivity index (χ1) is 14.8. The van der Waals surface area contributed by atoms with Crippen LogP contribution in [0, 0.1) is 23.7 Å². The summed E-state index contributed by atoms with van der Waals surface area (Å²) in [5, 5.41) is 38.8. The van der Waals surface area contributed by atoms with E-state index in [-0.39, 0.29) is 49.3 Å². The summed E-state index contributed by atoms with van der Waals surface area (Å²) in [4.78, 5) is 24.1. The Morgan fingerprint density at radius 2 is 1.90 bits per heavy atom. The largest absolute Gasteiger partial charge is 0.462 e. The molecule has 0 radical (unpaired) electrons. The van der Waals surface area contributed by atoms with Crippen LogP contribution in [0.25, 0.3) is 0 Å². The van der Waals surface area contributed by atoms with E-state index >= 15 is 0 Å². The molecule has 0 bridgehead atoms. The molecule has 3 rings (SSSR count). The lowest BCUT2D eigenvalue weighted by molar-refractivity contribution is -0.254. The van der Waals surface area contributed by atoms with Gasteiger partial charge in [-0.05, 0) is 36.2 Å². The number of ether oxygens (including phenoxy) is 4. The van der Waals surface area contributed by atoms with E-state index in [0.29, 0.717) is 0 Å². The van der Waals surface area contributed by atoms with Crippen molar-refractivity contribution in [3.63, 3.8) is 0 Å². The number of esters is 1. The molecule has 1 saturated carbocycles. The van der Waals surface area contributed by atoms with E-state index in [9.17, 15) is 30.0 Å².